The Labute approximate surface area is 124 Å². The first-order valence-corrected chi connectivity index (χ1v) is 7.26. The molecule has 102 valence electrons. The first-order chi connectivity index (χ1) is 9.72. The molecule has 0 amide bonds. The minimum atomic E-state index is 0.112. The number of fused-ring (bicyclic) bond motifs is 1. The van der Waals surface area contributed by atoms with Crippen molar-refractivity contribution in [1.29, 1.82) is 0 Å². The number of nitrogens with zero attached hydrogens (tertiary/aromatic N) is 2. The molecule has 0 bridgehead atoms. The zero-order valence-electron chi connectivity index (χ0n) is 10.6. The van der Waals surface area contributed by atoms with Gasteiger partial charge in [-0.1, -0.05) is 23.7 Å². The molecule has 0 atom stereocenters. The van der Waals surface area contributed by atoms with Crippen LogP contribution in [-0.2, 0) is 0 Å². The molecular formula is C14H11ClN2O2S. The number of rotatable bonds is 3. The molecule has 1 aromatic carbocycles. The van der Waals surface area contributed by atoms with Crippen LogP contribution in [0.4, 0.5) is 0 Å². The highest BCUT2D eigenvalue weighted by molar-refractivity contribution is 7.23. The second kappa shape index (κ2) is 5.26. The maximum Gasteiger partial charge on any atom is 0.160 e. The SMILES string of the molecule is CCOc1ccccc1-c1sc2c(Cl)ncnc2c1O. The van der Waals surface area contributed by atoms with E-state index < -0.39 is 0 Å². The molecule has 2 heterocycles. The molecule has 1 N–H and O–H groups in total. The maximum atomic E-state index is 10.4. The Morgan fingerprint density at radius 1 is 1.30 bits per heavy atom. The van der Waals surface area contributed by atoms with E-state index in [0.29, 0.717) is 26.9 Å². The Morgan fingerprint density at radius 2 is 2.10 bits per heavy atom. The van der Waals surface area contributed by atoms with E-state index >= 15 is 0 Å². The van der Waals surface area contributed by atoms with Gasteiger partial charge in [0.1, 0.15) is 22.7 Å². The maximum absolute atomic E-state index is 10.4. The van der Waals surface area contributed by atoms with Crippen LogP contribution in [0.2, 0.25) is 5.15 Å². The molecule has 3 rings (SSSR count). The van der Waals surface area contributed by atoms with Crippen molar-refractivity contribution in [2.45, 2.75) is 6.92 Å². The summed E-state index contributed by atoms with van der Waals surface area (Å²) in [6.45, 7) is 2.48. The van der Waals surface area contributed by atoms with Crippen LogP contribution < -0.4 is 4.74 Å². The van der Waals surface area contributed by atoms with Crippen LogP contribution in [0.15, 0.2) is 30.6 Å². The molecule has 0 aliphatic carbocycles. The molecule has 0 saturated carbocycles. The van der Waals surface area contributed by atoms with Crippen molar-refractivity contribution in [1.82, 2.24) is 9.97 Å². The van der Waals surface area contributed by atoms with Crippen molar-refractivity contribution < 1.29 is 9.84 Å². The number of aromatic nitrogens is 2. The average Bonchev–Trinajstić information content (AvgIpc) is 2.79. The zero-order valence-corrected chi connectivity index (χ0v) is 12.2. The number of halogens is 1. The van der Waals surface area contributed by atoms with Gasteiger partial charge in [0.25, 0.3) is 0 Å². The molecule has 0 unspecified atom stereocenters. The van der Waals surface area contributed by atoms with Crippen LogP contribution in [0.25, 0.3) is 20.7 Å². The number of benzene rings is 1. The molecule has 0 aliphatic rings. The number of aromatic hydroxyl groups is 1. The fraction of sp³-hybridized carbons (Fsp3) is 0.143. The first kappa shape index (κ1) is 13.1. The lowest BCUT2D eigenvalue weighted by atomic mass is 10.1. The van der Waals surface area contributed by atoms with Gasteiger partial charge in [0.2, 0.25) is 0 Å². The number of thiophene rings is 1. The molecule has 2 aromatic heterocycles. The highest BCUT2D eigenvalue weighted by atomic mass is 35.5. The van der Waals surface area contributed by atoms with E-state index in [0.717, 1.165) is 11.3 Å². The monoisotopic (exact) mass is 306 g/mol. The zero-order chi connectivity index (χ0) is 14.1. The number of para-hydroxylation sites is 1. The molecular weight excluding hydrogens is 296 g/mol. The molecule has 0 saturated heterocycles. The van der Waals surface area contributed by atoms with Crippen molar-refractivity contribution in [2.24, 2.45) is 0 Å². The third-order valence-electron chi connectivity index (χ3n) is 2.84. The van der Waals surface area contributed by atoms with Gasteiger partial charge in [-0.25, -0.2) is 9.97 Å². The summed E-state index contributed by atoms with van der Waals surface area (Å²) >= 11 is 7.40. The summed E-state index contributed by atoms with van der Waals surface area (Å²) < 4.78 is 6.27. The third-order valence-corrected chi connectivity index (χ3v) is 4.44. The highest BCUT2D eigenvalue weighted by Crippen LogP contribution is 2.46. The normalized spacial score (nSPS) is 10.9. The second-order valence-corrected chi connectivity index (χ2v) is 5.43. The Bertz CT molecular complexity index is 773. The number of hydrogen-bond acceptors (Lipinski definition) is 5. The average molecular weight is 307 g/mol. The Morgan fingerprint density at radius 3 is 2.85 bits per heavy atom. The lowest BCUT2D eigenvalue weighted by Crippen LogP contribution is -1.92. The predicted molar refractivity (Wildman–Crippen MR) is 80.7 cm³/mol. The summed E-state index contributed by atoms with van der Waals surface area (Å²) in [5, 5.41) is 10.7. The summed E-state index contributed by atoms with van der Waals surface area (Å²) in [4.78, 5) is 8.71. The first-order valence-electron chi connectivity index (χ1n) is 6.06. The summed E-state index contributed by atoms with van der Waals surface area (Å²) in [6, 6.07) is 7.56. The molecule has 0 radical (unpaired) electrons. The molecule has 0 spiro atoms. The smallest absolute Gasteiger partial charge is 0.160 e. The van der Waals surface area contributed by atoms with Crippen LogP contribution in [0, 0.1) is 0 Å². The largest absolute Gasteiger partial charge is 0.504 e. The minimum Gasteiger partial charge on any atom is -0.504 e. The molecule has 6 heteroatoms. The number of ether oxygens (including phenoxy) is 1. The van der Waals surface area contributed by atoms with E-state index in [9.17, 15) is 5.11 Å². The van der Waals surface area contributed by atoms with Gasteiger partial charge in [-0.05, 0) is 19.1 Å². The lowest BCUT2D eigenvalue weighted by Gasteiger charge is -2.08. The Balaban J connectivity index is 2.25. The van der Waals surface area contributed by atoms with Crippen molar-refractivity contribution in [2.75, 3.05) is 6.61 Å². The highest BCUT2D eigenvalue weighted by Gasteiger charge is 2.19. The van der Waals surface area contributed by atoms with Gasteiger partial charge in [0, 0.05) is 5.56 Å². The van der Waals surface area contributed by atoms with Gasteiger partial charge in [0.05, 0.1) is 16.2 Å². The van der Waals surface area contributed by atoms with Crippen molar-refractivity contribution in [3.05, 3.63) is 35.7 Å². The third kappa shape index (κ3) is 2.09. The van der Waals surface area contributed by atoms with E-state index in [2.05, 4.69) is 9.97 Å². The summed E-state index contributed by atoms with van der Waals surface area (Å²) in [5.41, 5.74) is 1.29. The van der Waals surface area contributed by atoms with Gasteiger partial charge >= 0.3 is 0 Å². The summed E-state index contributed by atoms with van der Waals surface area (Å²) in [5.74, 6) is 0.836. The van der Waals surface area contributed by atoms with Gasteiger partial charge in [-0.15, -0.1) is 11.3 Å². The van der Waals surface area contributed by atoms with E-state index in [1.807, 2.05) is 31.2 Å². The molecule has 4 nitrogen and oxygen atoms in total. The molecule has 20 heavy (non-hydrogen) atoms. The van der Waals surface area contributed by atoms with Crippen LogP contribution in [0.5, 0.6) is 11.5 Å². The number of hydrogen-bond donors (Lipinski definition) is 1. The Hall–Kier alpha value is -1.85. The van der Waals surface area contributed by atoms with Crippen LogP contribution >= 0.6 is 22.9 Å². The fourth-order valence-electron chi connectivity index (χ4n) is 1.99. The second-order valence-electron chi connectivity index (χ2n) is 4.05. The summed E-state index contributed by atoms with van der Waals surface area (Å²) in [7, 11) is 0. The minimum absolute atomic E-state index is 0.112. The topological polar surface area (TPSA) is 55.2 Å². The standard InChI is InChI=1S/C14H11ClN2O2S/c1-2-19-9-6-4-3-5-8(9)12-11(18)10-13(20-12)14(15)17-7-16-10/h3-7,18H,2H2,1H3. The molecule has 3 aromatic rings. The van der Waals surface area contributed by atoms with Crippen LogP contribution in [0.1, 0.15) is 6.92 Å². The van der Waals surface area contributed by atoms with Crippen molar-refractivity contribution >= 4 is 33.2 Å². The Kier molecular flexibility index (Phi) is 3.46. The van der Waals surface area contributed by atoms with E-state index in [1.165, 1.54) is 17.7 Å². The summed E-state index contributed by atoms with van der Waals surface area (Å²) in [6.07, 6.45) is 1.34. The van der Waals surface area contributed by atoms with E-state index in [4.69, 9.17) is 16.3 Å². The lowest BCUT2D eigenvalue weighted by molar-refractivity contribution is 0.341. The van der Waals surface area contributed by atoms with Crippen LogP contribution in [0.3, 0.4) is 0 Å². The van der Waals surface area contributed by atoms with Gasteiger partial charge in [0.15, 0.2) is 5.75 Å². The van der Waals surface area contributed by atoms with Gasteiger partial charge in [-0.2, -0.15) is 0 Å². The predicted octanol–water partition coefficient (Wildman–Crippen LogP) is 4.12. The molecule has 0 aliphatic heterocycles. The van der Waals surface area contributed by atoms with E-state index in [-0.39, 0.29) is 5.75 Å². The van der Waals surface area contributed by atoms with Gasteiger partial charge < -0.3 is 9.84 Å². The fourth-order valence-corrected chi connectivity index (χ4v) is 3.30. The molecule has 0 fully saturated rings. The van der Waals surface area contributed by atoms with Crippen LogP contribution in [-0.4, -0.2) is 21.7 Å². The van der Waals surface area contributed by atoms with Crippen molar-refractivity contribution in [3.63, 3.8) is 0 Å². The van der Waals surface area contributed by atoms with Gasteiger partial charge in [-0.3, -0.25) is 0 Å². The van der Waals surface area contributed by atoms with Crippen molar-refractivity contribution in [3.8, 4) is 21.9 Å². The van der Waals surface area contributed by atoms with E-state index in [1.54, 1.807) is 0 Å². The quantitative estimate of drug-likeness (QED) is 0.740.